The average molecular weight is 280 g/mol. The van der Waals surface area contributed by atoms with Crippen LogP contribution >= 0.6 is 23.1 Å². The Morgan fingerprint density at radius 2 is 2.44 bits per heavy atom. The zero-order valence-corrected chi connectivity index (χ0v) is 11.3. The molecule has 2 heterocycles. The Morgan fingerprint density at radius 3 is 3.11 bits per heavy atom. The fourth-order valence-corrected chi connectivity index (χ4v) is 3.28. The van der Waals surface area contributed by atoms with Crippen molar-refractivity contribution in [3.05, 3.63) is 40.0 Å². The Morgan fingerprint density at radius 1 is 1.61 bits per heavy atom. The van der Waals surface area contributed by atoms with Gasteiger partial charge in [0.1, 0.15) is 6.33 Å². The summed E-state index contributed by atoms with van der Waals surface area (Å²) in [6.07, 6.45) is 3.24. The molecule has 0 atom stereocenters. The molecule has 0 aliphatic rings. The van der Waals surface area contributed by atoms with Gasteiger partial charge in [-0.25, -0.2) is 15.8 Å². The Hall–Kier alpha value is -1.44. The lowest BCUT2D eigenvalue weighted by molar-refractivity contribution is 0.0957. The summed E-state index contributed by atoms with van der Waals surface area (Å²) in [5, 5.41) is 0.917. The molecule has 2 aromatic heterocycles. The number of aryl methyl sites for hydroxylation is 1. The van der Waals surface area contributed by atoms with Crippen LogP contribution in [-0.4, -0.2) is 15.9 Å². The number of carbonyl (C=O) groups is 1. The number of amides is 1. The lowest BCUT2D eigenvalue weighted by Crippen LogP contribution is -2.29. The van der Waals surface area contributed by atoms with E-state index in [1.807, 2.05) is 19.1 Å². The number of nitrogen functional groups attached to an aromatic ring is 1. The highest BCUT2D eigenvalue weighted by atomic mass is 32.2. The van der Waals surface area contributed by atoms with Crippen LogP contribution in [0.4, 0.5) is 0 Å². The molecule has 0 bridgehead atoms. The number of carbonyl (C=O) groups excluding carboxylic acids is 1. The third kappa shape index (κ3) is 3.06. The van der Waals surface area contributed by atoms with Crippen molar-refractivity contribution in [3.63, 3.8) is 0 Å². The zero-order valence-electron chi connectivity index (χ0n) is 9.71. The number of nitrogens with one attached hydrogen (secondary N) is 1. The van der Waals surface area contributed by atoms with E-state index in [1.165, 1.54) is 17.7 Å². The number of rotatable bonds is 4. The van der Waals surface area contributed by atoms with Crippen molar-refractivity contribution in [2.24, 2.45) is 5.84 Å². The number of nitrogens with zero attached hydrogens (tertiary/aromatic N) is 2. The van der Waals surface area contributed by atoms with Crippen LogP contribution in [-0.2, 0) is 5.75 Å². The van der Waals surface area contributed by atoms with E-state index in [2.05, 4.69) is 15.4 Å². The first-order valence-corrected chi connectivity index (χ1v) is 7.00. The third-order valence-electron chi connectivity index (χ3n) is 2.31. The summed E-state index contributed by atoms with van der Waals surface area (Å²) in [4.78, 5) is 21.2. The summed E-state index contributed by atoms with van der Waals surface area (Å²) >= 11 is 3.06. The molecule has 0 spiro atoms. The molecule has 94 valence electrons. The van der Waals surface area contributed by atoms with Gasteiger partial charge in [-0.15, -0.1) is 23.1 Å². The van der Waals surface area contributed by atoms with E-state index in [9.17, 15) is 4.79 Å². The Balaban J connectivity index is 2.06. The van der Waals surface area contributed by atoms with Crippen molar-refractivity contribution >= 4 is 29.0 Å². The molecule has 7 heteroatoms. The van der Waals surface area contributed by atoms with Gasteiger partial charge in [0.05, 0.1) is 9.90 Å². The summed E-state index contributed by atoms with van der Waals surface area (Å²) in [5.74, 6) is 5.64. The second-order valence-electron chi connectivity index (χ2n) is 3.50. The number of nitrogens with two attached hydrogens (primary N) is 1. The van der Waals surface area contributed by atoms with E-state index in [0.717, 1.165) is 21.2 Å². The summed E-state index contributed by atoms with van der Waals surface area (Å²) in [5.41, 5.74) is 3.27. The molecule has 18 heavy (non-hydrogen) atoms. The first-order chi connectivity index (χ1) is 8.70. The molecule has 0 saturated carbocycles. The molecule has 1 amide bonds. The highest BCUT2D eigenvalue weighted by Crippen LogP contribution is 2.27. The normalized spacial score (nSPS) is 10.3. The van der Waals surface area contributed by atoms with E-state index in [4.69, 9.17) is 5.84 Å². The van der Waals surface area contributed by atoms with Gasteiger partial charge in [0, 0.05) is 16.8 Å². The second kappa shape index (κ2) is 5.94. The number of hydrogen-bond acceptors (Lipinski definition) is 6. The summed E-state index contributed by atoms with van der Waals surface area (Å²) in [7, 11) is 0. The maximum Gasteiger partial charge on any atom is 0.275 e. The molecule has 0 unspecified atom stereocenters. The van der Waals surface area contributed by atoms with Crippen molar-refractivity contribution in [2.75, 3.05) is 0 Å². The SMILES string of the molecule is Cc1sc(C(=O)NN)cc1CSc1ccncn1. The zero-order chi connectivity index (χ0) is 13.0. The molecule has 0 saturated heterocycles. The molecule has 2 rings (SSSR count). The fourth-order valence-electron chi connectivity index (χ4n) is 1.36. The molecular formula is C11H12N4OS2. The number of hydrogen-bond donors (Lipinski definition) is 2. The molecule has 2 aromatic rings. The topological polar surface area (TPSA) is 80.9 Å². The standard InChI is InChI=1S/C11H12N4OS2/c1-7-8(4-9(18-7)11(16)15-12)5-17-10-2-3-13-6-14-10/h2-4,6H,5,12H2,1H3,(H,15,16). The first-order valence-electron chi connectivity index (χ1n) is 5.19. The van der Waals surface area contributed by atoms with Crippen molar-refractivity contribution < 1.29 is 4.79 Å². The van der Waals surface area contributed by atoms with Crippen LogP contribution in [0.2, 0.25) is 0 Å². The van der Waals surface area contributed by atoms with Crippen LogP contribution in [0.1, 0.15) is 20.1 Å². The Bertz CT molecular complexity index is 541. The Labute approximate surface area is 113 Å². The minimum Gasteiger partial charge on any atom is -0.289 e. The predicted molar refractivity (Wildman–Crippen MR) is 72.3 cm³/mol. The molecule has 0 aliphatic carbocycles. The van der Waals surface area contributed by atoms with Crippen LogP contribution in [0, 0.1) is 6.92 Å². The van der Waals surface area contributed by atoms with Crippen LogP contribution in [0.5, 0.6) is 0 Å². The summed E-state index contributed by atoms with van der Waals surface area (Å²) in [6.45, 7) is 1.99. The van der Waals surface area contributed by atoms with E-state index in [1.54, 1.807) is 18.0 Å². The van der Waals surface area contributed by atoms with E-state index >= 15 is 0 Å². The minimum absolute atomic E-state index is 0.249. The smallest absolute Gasteiger partial charge is 0.275 e. The molecule has 0 aromatic carbocycles. The van der Waals surface area contributed by atoms with E-state index in [-0.39, 0.29) is 5.91 Å². The Kier molecular flexibility index (Phi) is 4.29. The first kappa shape index (κ1) is 13.0. The molecular weight excluding hydrogens is 268 g/mol. The van der Waals surface area contributed by atoms with Gasteiger partial charge in [-0.3, -0.25) is 10.2 Å². The molecule has 0 radical (unpaired) electrons. The quantitative estimate of drug-likeness (QED) is 0.293. The number of thioether (sulfide) groups is 1. The number of hydrazine groups is 1. The molecule has 0 aliphatic heterocycles. The highest BCUT2D eigenvalue weighted by Gasteiger charge is 2.11. The van der Waals surface area contributed by atoms with Crippen LogP contribution in [0.3, 0.4) is 0 Å². The van der Waals surface area contributed by atoms with Crippen LogP contribution in [0.25, 0.3) is 0 Å². The van der Waals surface area contributed by atoms with E-state index in [0.29, 0.717) is 4.88 Å². The predicted octanol–water partition coefficient (Wildman–Crippen LogP) is 1.74. The molecule has 0 fully saturated rings. The maximum absolute atomic E-state index is 11.4. The molecule has 5 nitrogen and oxygen atoms in total. The largest absolute Gasteiger partial charge is 0.289 e. The lowest BCUT2D eigenvalue weighted by atomic mass is 10.3. The second-order valence-corrected chi connectivity index (χ2v) is 5.75. The highest BCUT2D eigenvalue weighted by molar-refractivity contribution is 7.98. The monoisotopic (exact) mass is 280 g/mol. The van der Waals surface area contributed by atoms with Gasteiger partial charge in [0.2, 0.25) is 0 Å². The van der Waals surface area contributed by atoms with E-state index < -0.39 is 0 Å². The maximum atomic E-state index is 11.4. The van der Waals surface area contributed by atoms with Gasteiger partial charge in [-0.05, 0) is 24.6 Å². The van der Waals surface area contributed by atoms with Crippen LogP contribution < -0.4 is 11.3 Å². The van der Waals surface area contributed by atoms with Crippen molar-refractivity contribution in [1.29, 1.82) is 0 Å². The van der Waals surface area contributed by atoms with Crippen LogP contribution in [0.15, 0.2) is 29.7 Å². The molecule has 3 N–H and O–H groups in total. The summed E-state index contributed by atoms with van der Waals surface area (Å²) < 4.78 is 0. The number of aromatic nitrogens is 2. The van der Waals surface area contributed by atoms with Gasteiger partial charge >= 0.3 is 0 Å². The van der Waals surface area contributed by atoms with Gasteiger partial charge in [0.15, 0.2) is 0 Å². The van der Waals surface area contributed by atoms with Crippen molar-refractivity contribution in [1.82, 2.24) is 15.4 Å². The average Bonchev–Trinajstić information content (AvgIpc) is 2.78. The van der Waals surface area contributed by atoms with Gasteiger partial charge in [-0.1, -0.05) is 0 Å². The van der Waals surface area contributed by atoms with Crippen molar-refractivity contribution in [2.45, 2.75) is 17.7 Å². The van der Waals surface area contributed by atoms with Gasteiger partial charge in [0.25, 0.3) is 5.91 Å². The fraction of sp³-hybridized carbons (Fsp3) is 0.182. The van der Waals surface area contributed by atoms with Gasteiger partial charge in [-0.2, -0.15) is 0 Å². The third-order valence-corrected chi connectivity index (χ3v) is 4.39. The minimum atomic E-state index is -0.249. The van der Waals surface area contributed by atoms with Gasteiger partial charge < -0.3 is 0 Å². The lowest BCUT2D eigenvalue weighted by Gasteiger charge is -1.99. The summed E-state index contributed by atoms with van der Waals surface area (Å²) in [6, 6.07) is 3.73. The van der Waals surface area contributed by atoms with Crippen molar-refractivity contribution in [3.8, 4) is 0 Å². The number of thiophene rings is 1.